The zero-order valence-corrected chi connectivity index (χ0v) is 12.3. The van der Waals surface area contributed by atoms with Crippen molar-refractivity contribution in [3.8, 4) is 11.5 Å². The molecule has 0 saturated heterocycles. The predicted octanol–water partition coefficient (Wildman–Crippen LogP) is 4.67. The fraction of sp³-hybridized carbons (Fsp3) is 0.278. The van der Waals surface area contributed by atoms with E-state index in [1.807, 2.05) is 24.3 Å². The van der Waals surface area contributed by atoms with Crippen LogP contribution in [0, 0.1) is 5.82 Å². The van der Waals surface area contributed by atoms with E-state index in [2.05, 4.69) is 0 Å². The minimum atomic E-state index is -0.586. The third kappa shape index (κ3) is 3.27. The Bertz CT molecular complexity index is 675. The van der Waals surface area contributed by atoms with E-state index < -0.39 is 11.8 Å². The van der Waals surface area contributed by atoms with E-state index in [0.29, 0.717) is 11.7 Å². The van der Waals surface area contributed by atoms with Crippen molar-refractivity contribution >= 4 is 5.97 Å². The van der Waals surface area contributed by atoms with Crippen molar-refractivity contribution in [1.82, 2.24) is 0 Å². The average Bonchev–Trinajstić information content (AvgIpc) is 3.35. The molecule has 0 spiro atoms. The molecule has 2 aromatic carbocycles. The first-order valence-electron chi connectivity index (χ1n) is 7.42. The first-order chi connectivity index (χ1) is 10.7. The molecule has 3 rings (SSSR count). The summed E-state index contributed by atoms with van der Waals surface area (Å²) in [6, 6.07) is 11.8. The zero-order chi connectivity index (χ0) is 15.5. The number of ether oxygens (including phenoxy) is 2. The molecule has 0 bridgehead atoms. The van der Waals surface area contributed by atoms with Gasteiger partial charge in [-0.15, -0.1) is 0 Å². The normalized spacial score (nSPS) is 13.7. The minimum Gasteiger partial charge on any atom is -0.462 e. The van der Waals surface area contributed by atoms with Crippen molar-refractivity contribution in [2.45, 2.75) is 25.7 Å². The highest BCUT2D eigenvalue weighted by Gasteiger charge is 2.23. The SMILES string of the molecule is CCOC(=O)c1ccc(Oc2ccc(C3CC3)cc2)c(F)c1. The van der Waals surface area contributed by atoms with Crippen molar-refractivity contribution < 1.29 is 18.7 Å². The highest BCUT2D eigenvalue weighted by molar-refractivity contribution is 5.89. The van der Waals surface area contributed by atoms with Crippen LogP contribution >= 0.6 is 0 Å². The summed E-state index contributed by atoms with van der Waals surface area (Å²) in [6.07, 6.45) is 2.48. The van der Waals surface area contributed by atoms with Crippen LogP contribution in [0.5, 0.6) is 11.5 Å². The summed E-state index contributed by atoms with van der Waals surface area (Å²) in [7, 11) is 0. The number of rotatable bonds is 5. The van der Waals surface area contributed by atoms with Gasteiger partial charge in [0.15, 0.2) is 11.6 Å². The van der Waals surface area contributed by atoms with Crippen molar-refractivity contribution in [1.29, 1.82) is 0 Å². The van der Waals surface area contributed by atoms with Crippen LogP contribution in [0.2, 0.25) is 0 Å². The van der Waals surface area contributed by atoms with Crippen LogP contribution in [-0.4, -0.2) is 12.6 Å². The molecular formula is C18H17FO3. The second kappa shape index (κ2) is 6.18. The van der Waals surface area contributed by atoms with Gasteiger partial charge in [0.25, 0.3) is 0 Å². The summed E-state index contributed by atoms with van der Waals surface area (Å²) >= 11 is 0. The molecule has 114 valence electrons. The molecule has 0 aromatic heterocycles. The topological polar surface area (TPSA) is 35.5 Å². The van der Waals surface area contributed by atoms with Gasteiger partial charge in [-0.05, 0) is 61.6 Å². The Morgan fingerprint density at radius 2 is 1.91 bits per heavy atom. The smallest absolute Gasteiger partial charge is 0.338 e. The van der Waals surface area contributed by atoms with E-state index in [1.54, 1.807) is 6.92 Å². The number of hydrogen-bond donors (Lipinski definition) is 0. The lowest BCUT2D eigenvalue weighted by atomic mass is 10.1. The highest BCUT2D eigenvalue weighted by Crippen LogP contribution is 2.40. The van der Waals surface area contributed by atoms with Crippen molar-refractivity contribution in [3.05, 3.63) is 59.4 Å². The van der Waals surface area contributed by atoms with Crippen LogP contribution < -0.4 is 4.74 Å². The standard InChI is InChI=1S/C18H17FO3/c1-2-21-18(20)14-7-10-17(16(19)11-14)22-15-8-5-13(6-9-15)12-3-4-12/h5-12H,2-4H2,1H3. The first-order valence-corrected chi connectivity index (χ1v) is 7.42. The molecule has 0 atom stereocenters. The molecule has 0 N–H and O–H groups in total. The van der Waals surface area contributed by atoms with Gasteiger partial charge in [-0.2, -0.15) is 0 Å². The fourth-order valence-electron chi connectivity index (χ4n) is 2.28. The largest absolute Gasteiger partial charge is 0.462 e. The van der Waals surface area contributed by atoms with Crippen LogP contribution in [0.1, 0.15) is 41.6 Å². The monoisotopic (exact) mass is 300 g/mol. The van der Waals surface area contributed by atoms with Crippen LogP contribution in [0.25, 0.3) is 0 Å². The van der Waals surface area contributed by atoms with Gasteiger partial charge < -0.3 is 9.47 Å². The van der Waals surface area contributed by atoms with Gasteiger partial charge in [0, 0.05) is 0 Å². The van der Waals surface area contributed by atoms with Crippen LogP contribution in [0.3, 0.4) is 0 Å². The molecule has 0 amide bonds. The predicted molar refractivity (Wildman–Crippen MR) is 80.8 cm³/mol. The van der Waals surface area contributed by atoms with Gasteiger partial charge in [-0.3, -0.25) is 0 Å². The quantitative estimate of drug-likeness (QED) is 0.753. The molecule has 1 fully saturated rings. The highest BCUT2D eigenvalue weighted by atomic mass is 19.1. The first kappa shape index (κ1) is 14.6. The molecule has 0 radical (unpaired) electrons. The Labute approximate surface area is 128 Å². The van der Waals surface area contributed by atoms with Gasteiger partial charge in [-0.1, -0.05) is 12.1 Å². The summed E-state index contributed by atoms with van der Waals surface area (Å²) in [4.78, 5) is 11.5. The third-order valence-electron chi connectivity index (χ3n) is 3.60. The Morgan fingerprint density at radius 1 is 1.18 bits per heavy atom. The zero-order valence-electron chi connectivity index (χ0n) is 12.3. The van der Waals surface area contributed by atoms with Gasteiger partial charge in [0.1, 0.15) is 5.75 Å². The second-order valence-electron chi connectivity index (χ2n) is 5.31. The second-order valence-corrected chi connectivity index (χ2v) is 5.31. The van der Waals surface area contributed by atoms with Crippen LogP contribution in [0.15, 0.2) is 42.5 Å². The molecular weight excluding hydrogens is 283 g/mol. The molecule has 0 aliphatic heterocycles. The lowest BCUT2D eigenvalue weighted by molar-refractivity contribution is 0.0526. The molecule has 3 nitrogen and oxygen atoms in total. The summed E-state index contributed by atoms with van der Waals surface area (Å²) in [5.41, 5.74) is 1.47. The van der Waals surface area contributed by atoms with Gasteiger partial charge >= 0.3 is 5.97 Å². The van der Waals surface area contributed by atoms with Crippen LogP contribution in [0.4, 0.5) is 4.39 Å². The average molecular weight is 300 g/mol. The van der Waals surface area contributed by atoms with Crippen molar-refractivity contribution in [2.24, 2.45) is 0 Å². The molecule has 1 aliphatic rings. The lowest BCUT2D eigenvalue weighted by Crippen LogP contribution is -2.05. The summed E-state index contributed by atoms with van der Waals surface area (Å²) in [5.74, 6) is 0.215. The van der Waals surface area contributed by atoms with E-state index in [0.717, 1.165) is 6.07 Å². The van der Waals surface area contributed by atoms with Crippen molar-refractivity contribution in [2.75, 3.05) is 6.61 Å². The Kier molecular flexibility index (Phi) is 4.09. The Hall–Kier alpha value is -2.36. The third-order valence-corrected chi connectivity index (χ3v) is 3.60. The number of hydrogen-bond acceptors (Lipinski definition) is 3. The van der Waals surface area contributed by atoms with Gasteiger partial charge in [-0.25, -0.2) is 9.18 Å². The summed E-state index contributed by atoms with van der Waals surface area (Å²) in [5, 5.41) is 0. The molecule has 0 heterocycles. The Morgan fingerprint density at radius 3 is 2.50 bits per heavy atom. The molecule has 1 aliphatic carbocycles. The number of benzene rings is 2. The fourth-order valence-corrected chi connectivity index (χ4v) is 2.28. The van der Waals surface area contributed by atoms with E-state index in [-0.39, 0.29) is 17.9 Å². The number of halogens is 1. The molecule has 1 saturated carbocycles. The maximum Gasteiger partial charge on any atom is 0.338 e. The number of carbonyl (C=O) groups excluding carboxylic acids is 1. The van der Waals surface area contributed by atoms with Gasteiger partial charge in [0.05, 0.1) is 12.2 Å². The van der Waals surface area contributed by atoms with E-state index in [4.69, 9.17) is 9.47 Å². The van der Waals surface area contributed by atoms with E-state index in [9.17, 15) is 9.18 Å². The number of esters is 1. The maximum absolute atomic E-state index is 14.0. The Balaban J connectivity index is 1.72. The molecule has 2 aromatic rings. The lowest BCUT2D eigenvalue weighted by Gasteiger charge is -2.09. The molecule has 4 heteroatoms. The maximum atomic E-state index is 14.0. The van der Waals surface area contributed by atoms with E-state index >= 15 is 0 Å². The molecule has 0 unspecified atom stereocenters. The summed E-state index contributed by atoms with van der Waals surface area (Å²) in [6.45, 7) is 1.96. The number of carbonyl (C=O) groups is 1. The molecule has 22 heavy (non-hydrogen) atoms. The van der Waals surface area contributed by atoms with E-state index in [1.165, 1.54) is 30.5 Å². The van der Waals surface area contributed by atoms with Crippen LogP contribution in [-0.2, 0) is 4.74 Å². The van der Waals surface area contributed by atoms with Crippen molar-refractivity contribution in [3.63, 3.8) is 0 Å². The van der Waals surface area contributed by atoms with Gasteiger partial charge in [0.2, 0.25) is 0 Å². The minimum absolute atomic E-state index is 0.0900. The summed E-state index contributed by atoms with van der Waals surface area (Å²) < 4.78 is 24.4.